The van der Waals surface area contributed by atoms with E-state index in [1.807, 2.05) is 37.8 Å². The van der Waals surface area contributed by atoms with Gasteiger partial charge in [0.1, 0.15) is 5.60 Å². The molecule has 3 rings (SSSR count). The number of hydrogen-bond donors (Lipinski definition) is 0. The number of nitrogens with zero attached hydrogens (tertiary/aromatic N) is 2. The molecule has 1 aliphatic heterocycles. The minimum atomic E-state index is -0.499. The molecule has 1 aliphatic rings. The van der Waals surface area contributed by atoms with Crippen LogP contribution in [-0.4, -0.2) is 59.3 Å². The SMILES string of the molecule is CC(C)(C)OC(=O)N1CCN(C(=O)CSc2ccc3ccccc3c2)CC1. The van der Waals surface area contributed by atoms with Gasteiger partial charge < -0.3 is 14.5 Å². The van der Waals surface area contributed by atoms with E-state index in [9.17, 15) is 9.59 Å². The van der Waals surface area contributed by atoms with Crippen molar-refractivity contribution in [3.63, 3.8) is 0 Å². The van der Waals surface area contributed by atoms with E-state index in [4.69, 9.17) is 4.74 Å². The van der Waals surface area contributed by atoms with Crippen molar-refractivity contribution in [1.82, 2.24) is 9.80 Å². The summed E-state index contributed by atoms with van der Waals surface area (Å²) in [5, 5.41) is 2.38. The van der Waals surface area contributed by atoms with Crippen molar-refractivity contribution in [2.24, 2.45) is 0 Å². The molecular weight excluding hydrogens is 360 g/mol. The Hall–Kier alpha value is -2.21. The standard InChI is InChI=1S/C21H26N2O3S/c1-21(2,3)26-20(25)23-12-10-22(11-13-23)19(24)15-27-18-9-8-16-6-4-5-7-17(16)14-18/h4-9,14H,10-13,15H2,1-3H3. The molecule has 0 N–H and O–H groups in total. The number of amides is 2. The van der Waals surface area contributed by atoms with E-state index in [-0.39, 0.29) is 12.0 Å². The third-order valence-corrected chi connectivity index (χ3v) is 5.35. The smallest absolute Gasteiger partial charge is 0.410 e. The molecule has 1 fully saturated rings. The van der Waals surface area contributed by atoms with Crippen molar-refractivity contribution in [2.45, 2.75) is 31.3 Å². The summed E-state index contributed by atoms with van der Waals surface area (Å²) in [6.45, 7) is 7.70. The molecule has 0 saturated carbocycles. The molecule has 0 radical (unpaired) electrons. The van der Waals surface area contributed by atoms with Crippen molar-refractivity contribution in [2.75, 3.05) is 31.9 Å². The Kier molecular flexibility index (Phi) is 5.95. The summed E-state index contributed by atoms with van der Waals surface area (Å²) in [6.07, 6.45) is -0.305. The second-order valence-electron chi connectivity index (χ2n) is 7.65. The van der Waals surface area contributed by atoms with Gasteiger partial charge in [-0.15, -0.1) is 11.8 Å². The monoisotopic (exact) mass is 386 g/mol. The van der Waals surface area contributed by atoms with Crippen LogP contribution in [0.5, 0.6) is 0 Å². The number of rotatable bonds is 3. The zero-order valence-corrected chi connectivity index (χ0v) is 16.9. The van der Waals surface area contributed by atoms with Crippen LogP contribution in [0.15, 0.2) is 47.4 Å². The van der Waals surface area contributed by atoms with Crippen LogP contribution in [0.25, 0.3) is 10.8 Å². The Balaban J connectivity index is 1.48. The van der Waals surface area contributed by atoms with E-state index in [0.717, 1.165) is 4.90 Å². The summed E-state index contributed by atoms with van der Waals surface area (Å²) >= 11 is 1.56. The van der Waals surface area contributed by atoms with Gasteiger partial charge in [-0.1, -0.05) is 30.3 Å². The second kappa shape index (κ2) is 8.21. The van der Waals surface area contributed by atoms with Gasteiger partial charge in [-0.25, -0.2) is 4.79 Å². The van der Waals surface area contributed by atoms with Crippen molar-refractivity contribution in [3.8, 4) is 0 Å². The predicted molar refractivity (Wildman–Crippen MR) is 109 cm³/mol. The third-order valence-electron chi connectivity index (χ3n) is 4.37. The molecule has 0 spiro atoms. The molecule has 0 aliphatic carbocycles. The van der Waals surface area contributed by atoms with Crippen molar-refractivity contribution < 1.29 is 14.3 Å². The lowest BCUT2D eigenvalue weighted by Gasteiger charge is -2.35. The number of fused-ring (bicyclic) bond motifs is 1. The van der Waals surface area contributed by atoms with Gasteiger partial charge >= 0.3 is 6.09 Å². The molecular formula is C21H26N2O3S. The maximum Gasteiger partial charge on any atom is 0.410 e. The van der Waals surface area contributed by atoms with Crippen LogP contribution in [0.3, 0.4) is 0 Å². The molecule has 5 nitrogen and oxygen atoms in total. The molecule has 0 unspecified atom stereocenters. The fraction of sp³-hybridized carbons (Fsp3) is 0.429. The number of thioether (sulfide) groups is 1. The highest BCUT2D eigenvalue weighted by atomic mass is 32.2. The summed E-state index contributed by atoms with van der Waals surface area (Å²) < 4.78 is 5.39. The van der Waals surface area contributed by atoms with Crippen LogP contribution in [0.4, 0.5) is 4.79 Å². The number of carbonyl (C=O) groups is 2. The highest BCUT2D eigenvalue weighted by Gasteiger charge is 2.27. The number of piperazine rings is 1. The summed E-state index contributed by atoms with van der Waals surface area (Å²) in [4.78, 5) is 29.2. The fourth-order valence-corrected chi connectivity index (χ4v) is 3.81. The predicted octanol–water partition coefficient (Wildman–Crippen LogP) is 4.01. The first kappa shape index (κ1) is 19.5. The minimum absolute atomic E-state index is 0.108. The van der Waals surface area contributed by atoms with Crippen molar-refractivity contribution in [3.05, 3.63) is 42.5 Å². The fourth-order valence-electron chi connectivity index (χ4n) is 2.96. The van der Waals surface area contributed by atoms with Gasteiger partial charge in [-0.3, -0.25) is 4.79 Å². The normalized spacial score (nSPS) is 15.1. The zero-order valence-electron chi connectivity index (χ0n) is 16.1. The summed E-state index contributed by atoms with van der Waals surface area (Å²) in [6, 6.07) is 14.5. The largest absolute Gasteiger partial charge is 0.444 e. The van der Waals surface area contributed by atoms with E-state index in [1.54, 1.807) is 16.7 Å². The number of benzene rings is 2. The summed E-state index contributed by atoms with van der Waals surface area (Å²) in [5.41, 5.74) is -0.499. The Labute approximate surface area is 164 Å². The van der Waals surface area contributed by atoms with Crippen LogP contribution < -0.4 is 0 Å². The van der Waals surface area contributed by atoms with E-state index in [0.29, 0.717) is 31.9 Å². The Morgan fingerprint density at radius 1 is 0.963 bits per heavy atom. The van der Waals surface area contributed by atoms with Crippen LogP contribution in [0.1, 0.15) is 20.8 Å². The van der Waals surface area contributed by atoms with Gasteiger partial charge in [0.25, 0.3) is 0 Å². The highest BCUT2D eigenvalue weighted by molar-refractivity contribution is 8.00. The first-order valence-corrected chi connectivity index (χ1v) is 10.2. The van der Waals surface area contributed by atoms with Crippen LogP contribution in [0.2, 0.25) is 0 Å². The van der Waals surface area contributed by atoms with Crippen molar-refractivity contribution >= 4 is 34.5 Å². The van der Waals surface area contributed by atoms with Crippen molar-refractivity contribution in [1.29, 1.82) is 0 Å². The van der Waals surface area contributed by atoms with Gasteiger partial charge in [0, 0.05) is 31.1 Å². The Morgan fingerprint density at radius 2 is 1.59 bits per heavy atom. The molecule has 6 heteroatoms. The molecule has 1 heterocycles. The molecule has 0 aromatic heterocycles. The first-order chi connectivity index (χ1) is 12.8. The lowest BCUT2D eigenvalue weighted by atomic mass is 10.1. The highest BCUT2D eigenvalue weighted by Crippen LogP contribution is 2.24. The zero-order chi connectivity index (χ0) is 19.4. The molecule has 1 saturated heterocycles. The number of hydrogen-bond acceptors (Lipinski definition) is 4. The van der Waals surface area contributed by atoms with E-state index in [2.05, 4.69) is 30.3 Å². The van der Waals surface area contributed by atoms with Gasteiger partial charge in [0.15, 0.2) is 0 Å². The summed E-state index contributed by atoms with van der Waals surface area (Å²) in [5.74, 6) is 0.516. The van der Waals surface area contributed by atoms with E-state index < -0.39 is 5.60 Å². The molecule has 0 atom stereocenters. The van der Waals surface area contributed by atoms with Crippen LogP contribution in [-0.2, 0) is 9.53 Å². The minimum Gasteiger partial charge on any atom is -0.444 e. The average molecular weight is 387 g/mol. The van der Waals surface area contributed by atoms with Gasteiger partial charge in [0.05, 0.1) is 5.75 Å². The average Bonchev–Trinajstić information content (AvgIpc) is 2.64. The quantitative estimate of drug-likeness (QED) is 0.748. The third kappa shape index (κ3) is 5.39. The molecule has 144 valence electrons. The van der Waals surface area contributed by atoms with Gasteiger partial charge in [-0.2, -0.15) is 0 Å². The van der Waals surface area contributed by atoms with Crippen LogP contribution in [0, 0.1) is 0 Å². The number of carbonyl (C=O) groups excluding carboxylic acids is 2. The maximum absolute atomic E-state index is 12.5. The summed E-state index contributed by atoms with van der Waals surface area (Å²) in [7, 11) is 0. The molecule has 2 amide bonds. The Bertz CT molecular complexity index is 824. The maximum atomic E-state index is 12.5. The van der Waals surface area contributed by atoms with E-state index >= 15 is 0 Å². The second-order valence-corrected chi connectivity index (χ2v) is 8.69. The van der Waals surface area contributed by atoms with Crippen LogP contribution >= 0.6 is 11.8 Å². The Morgan fingerprint density at radius 3 is 2.26 bits per heavy atom. The molecule has 0 bridgehead atoms. The topological polar surface area (TPSA) is 49.9 Å². The molecule has 2 aromatic rings. The first-order valence-electron chi connectivity index (χ1n) is 9.19. The molecule has 2 aromatic carbocycles. The lowest BCUT2D eigenvalue weighted by molar-refractivity contribution is -0.130. The van der Waals surface area contributed by atoms with Gasteiger partial charge in [-0.05, 0) is 43.7 Å². The van der Waals surface area contributed by atoms with Gasteiger partial charge in [0.2, 0.25) is 5.91 Å². The lowest BCUT2D eigenvalue weighted by Crippen LogP contribution is -2.52. The molecule has 27 heavy (non-hydrogen) atoms. The van der Waals surface area contributed by atoms with E-state index in [1.165, 1.54) is 10.8 Å². The number of ether oxygens (including phenoxy) is 1.